The molecule has 2 atom stereocenters. The maximum atomic E-state index is 13.4. The van der Waals surface area contributed by atoms with E-state index in [1.54, 1.807) is 6.20 Å². The van der Waals surface area contributed by atoms with Crippen molar-refractivity contribution in [3.63, 3.8) is 0 Å². The number of hydrogen-bond donors (Lipinski definition) is 0. The van der Waals surface area contributed by atoms with Crippen LogP contribution in [0.5, 0.6) is 0 Å². The third-order valence-electron chi connectivity index (χ3n) is 4.60. The van der Waals surface area contributed by atoms with Gasteiger partial charge >= 0.3 is 0 Å². The van der Waals surface area contributed by atoms with Crippen LogP contribution in [-0.4, -0.2) is 33.6 Å². The molecule has 2 aliphatic rings. The summed E-state index contributed by atoms with van der Waals surface area (Å²) in [7, 11) is 0. The van der Waals surface area contributed by atoms with Crippen molar-refractivity contribution < 1.29 is 8.78 Å². The number of thioether (sulfide) groups is 1. The van der Waals surface area contributed by atoms with Crippen LogP contribution in [0.4, 0.5) is 14.6 Å². The summed E-state index contributed by atoms with van der Waals surface area (Å²) in [6.45, 7) is 0.940. The number of fused-ring (bicyclic) bond motifs is 2. The van der Waals surface area contributed by atoms with Crippen molar-refractivity contribution in [3.05, 3.63) is 30.0 Å². The monoisotopic (exact) mass is 321 g/mol. The molecule has 1 aromatic carbocycles. The lowest BCUT2D eigenvalue weighted by Crippen LogP contribution is -2.49. The van der Waals surface area contributed by atoms with Crippen molar-refractivity contribution in [2.75, 3.05) is 17.2 Å². The Morgan fingerprint density at radius 3 is 2.73 bits per heavy atom. The van der Waals surface area contributed by atoms with Crippen LogP contribution in [0.25, 0.3) is 11.0 Å². The van der Waals surface area contributed by atoms with Crippen LogP contribution in [0.15, 0.2) is 18.3 Å². The first-order valence-corrected chi connectivity index (χ1v) is 8.77. The van der Waals surface area contributed by atoms with E-state index in [9.17, 15) is 8.78 Å². The number of aromatic nitrogens is 2. The summed E-state index contributed by atoms with van der Waals surface area (Å²) in [5.41, 5.74) is 0.816. The molecule has 0 unspecified atom stereocenters. The van der Waals surface area contributed by atoms with Gasteiger partial charge in [0.1, 0.15) is 5.82 Å². The third kappa shape index (κ3) is 2.43. The minimum absolute atomic E-state index is 0.397. The molecule has 4 rings (SSSR count). The molecule has 0 amide bonds. The van der Waals surface area contributed by atoms with Crippen LogP contribution in [-0.2, 0) is 0 Å². The van der Waals surface area contributed by atoms with Gasteiger partial charge < -0.3 is 4.90 Å². The van der Waals surface area contributed by atoms with Gasteiger partial charge in [-0.3, -0.25) is 4.98 Å². The van der Waals surface area contributed by atoms with E-state index in [1.807, 2.05) is 0 Å². The van der Waals surface area contributed by atoms with Crippen molar-refractivity contribution in [1.82, 2.24) is 9.97 Å². The predicted molar refractivity (Wildman–Crippen MR) is 85.3 cm³/mol. The fraction of sp³-hybridized carbons (Fsp3) is 0.500. The van der Waals surface area contributed by atoms with Crippen LogP contribution in [0, 0.1) is 11.6 Å². The zero-order chi connectivity index (χ0) is 15.1. The second-order valence-corrected chi connectivity index (χ2v) is 7.28. The molecule has 2 fully saturated rings. The summed E-state index contributed by atoms with van der Waals surface area (Å²) in [5, 5.41) is 0.657. The lowest BCUT2D eigenvalue weighted by molar-refractivity contribution is 0.420. The Hall–Kier alpha value is -1.43. The van der Waals surface area contributed by atoms with Gasteiger partial charge in [-0.2, -0.15) is 11.8 Å². The van der Waals surface area contributed by atoms with Crippen molar-refractivity contribution >= 4 is 28.6 Å². The highest BCUT2D eigenvalue weighted by Gasteiger charge is 2.34. The molecule has 1 saturated heterocycles. The molecule has 2 heterocycles. The van der Waals surface area contributed by atoms with E-state index in [-0.39, 0.29) is 0 Å². The molecule has 1 saturated carbocycles. The molecule has 1 aromatic heterocycles. The molecule has 116 valence electrons. The zero-order valence-corrected chi connectivity index (χ0v) is 13.0. The Kier molecular flexibility index (Phi) is 3.64. The lowest BCUT2D eigenvalue weighted by atomic mass is 9.93. The first-order chi connectivity index (χ1) is 10.7. The van der Waals surface area contributed by atoms with Crippen molar-refractivity contribution in [2.45, 2.75) is 37.0 Å². The second kappa shape index (κ2) is 5.65. The third-order valence-corrected chi connectivity index (χ3v) is 5.99. The Morgan fingerprint density at radius 2 is 1.86 bits per heavy atom. The normalized spacial score (nSPS) is 25.3. The molecule has 1 aliphatic carbocycles. The van der Waals surface area contributed by atoms with Crippen molar-refractivity contribution in [1.29, 1.82) is 0 Å². The Labute approximate surface area is 132 Å². The summed E-state index contributed by atoms with van der Waals surface area (Å²) in [6, 6.07) is 2.74. The first-order valence-electron chi connectivity index (χ1n) is 7.72. The van der Waals surface area contributed by atoms with E-state index >= 15 is 0 Å². The molecule has 0 spiro atoms. The molecular weight excluding hydrogens is 304 g/mol. The number of halogens is 2. The molecule has 0 bridgehead atoms. The van der Waals surface area contributed by atoms with Crippen molar-refractivity contribution in [3.8, 4) is 0 Å². The van der Waals surface area contributed by atoms with E-state index in [2.05, 4.69) is 26.6 Å². The molecular formula is C16H17F2N3S. The van der Waals surface area contributed by atoms with E-state index < -0.39 is 11.6 Å². The fourth-order valence-electron chi connectivity index (χ4n) is 3.52. The molecule has 6 heteroatoms. The van der Waals surface area contributed by atoms with E-state index in [0.717, 1.165) is 30.2 Å². The predicted octanol–water partition coefficient (Wildman–Crippen LogP) is 3.77. The minimum Gasteiger partial charge on any atom is -0.350 e. The molecule has 22 heavy (non-hydrogen) atoms. The Morgan fingerprint density at radius 1 is 1.09 bits per heavy atom. The van der Waals surface area contributed by atoms with Gasteiger partial charge in [0.15, 0.2) is 11.6 Å². The smallest absolute Gasteiger partial charge is 0.161 e. The zero-order valence-electron chi connectivity index (χ0n) is 12.1. The highest BCUT2D eigenvalue weighted by atomic mass is 32.2. The Balaban J connectivity index is 1.71. The molecule has 0 N–H and O–H groups in total. The highest BCUT2D eigenvalue weighted by Crippen LogP contribution is 2.37. The number of nitrogens with zero attached hydrogens (tertiary/aromatic N) is 3. The fourth-order valence-corrected chi connectivity index (χ4v) is 4.96. The summed E-state index contributed by atoms with van der Waals surface area (Å²) in [5.74, 6) is 0.120. The minimum atomic E-state index is -0.878. The van der Waals surface area contributed by atoms with Gasteiger partial charge in [-0.05, 0) is 12.8 Å². The average molecular weight is 321 g/mol. The van der Waals surface area contributed by atoms with Crippen LogP contribution in [0.1, 0.15) is 25.7 Å². The van der Waals surface area contributed by atoms with E-state index in [0.29, 0.717) is 22.3 Å². The van der Waals surface area contributed by atoms with E-state index in [4.69, 9.17) is 0 Å². The van der Waals surface area contributed by atoms with Crippen molar-refractivity contribution in [2.24, 2.45) is 0 Å². The maximum absolute atomic E-state index is 13.4. The van der Waals surface area contributed by atoms with Gasteiger partial charge in [-0.25, -0.2) is 13.8 Å². The van der Waals surface area contributed by atoms with Crippen LogP contribution in [0.2, 0.25) is 0 Å². The van der Waals surface area contributed by atoms with Crippen LogP contribution >= 0.6 is 11.8 Å². The lowest BCUT2D eigenvalue weighted by Gasteiger charge is -2.44. The van der Waals surface area contributed by atoms with Gasteiger partial charge in [0.2, 0.25) is 0 Å². The second-order valence-electron chi connectivity index (χ2n) is 5.94. The van der Waals surface area contributed by atoms with Gasteiger partial charge in [0.25, 0.3) is 0 Å². The summed E-state index contributed by atoms with van der Waals surface area (Å²) in [4.78, 5) is 11.1. The SMILES string of the molecule is Fc1cc2ncc(N3CCS[C@@H]4CCCC[C@@H]43)nc2cc1F. The molecule has 2 aromatic rings. The number of rotatable bonds is 1. The Bertz CT molecular complexity index is 707. The average Bonchev–Trinajstić information content (AvgIpc) is 2.55. The molecule has 1 aliphatic heterocycles. The van der Waals surface area contributed by atoms with Gasteiger partial charge in [-0.1, -0.05) is 12.8 Å². The van der Waals surface area contributed by atoms with Gasteiger partial charge in [0, 0.05) is 35.7 Å². The topological polar surface area (TPSA) is 29.0 Å². The maximum Gasteiger partial charge on any atom is 0.161 e. The van der Waals surface area contributed by atoms with Gasteiger partial charge in [-0.15, -0.1) is 0 Å². The van der Waals surface area contributed by atoms with Crippen LogP contribution < -0.4 is 4.90 Å². The summed E-state index contributed by atoms with van der Waals surface area (Å²) >= 11 is 2.05. The summed E-state index contributed by atoms with van der Waals surface area (Å²) < 4.78 is 26.7. The highest BCUT2D eigenvalue weighted by molar-refractivity contribution is 8.00. The quantitative estimate of drug-likeness (QED) is 0.799. The molecule has 0 radical (unpaired) electrons. The standard InChI is InChI=1S/C16H17F2N3S/c17-10-7-12-13(8-11(10)18)20-16(9-19-12)21-5-6-22-15-4-2-1-3-14(15)21/h7-9,14-15H,1-6H2/t14-,15+/m0/s1. The van der Waals surface area contributed by atoms with Gasteiger partial charge in [0.05, 0.1) is 17.2 Å². The molecule has 3 nitrogen and oxygen atoms in total. The van der Waals surface area contributed by atoms with Crippen LogP contribution in [0.3, 0.4) is 0 Å². The summed E-state index contributed by atoms with van der Waals surface area (Å²) in [6.07, 6.45) is 6.68. The van der Waals surface area contributed by atoms with E-state index in [1.165, 1.54) is 25.7 Å². The number of anilines is 1. The first kappa shape index (κ1) is 14.2. The number of benzene rings is 1. The largest absolute Gasteiger partial charge is 0.350 e. The number of hydrogen-bond acceptors (Lipinski definition) is 4.